The van der Waals surface area contributed by atoms with E-state index in [4.69, 9.17) is 9.47 Å². The van der Waals surface area contributed by atoms with E-state index in [1.165, 1.54) is 32.1 Å². The number of carbonyl (C=O) groups is 1. The summed E-state index contributed by atoms with van der Waals surface area (Å²) in [6.07, 6.45) is 12.3. The number of piperidine rings is 1. The van der Waals surface area contributed by atoms with E-state index < -0.39 is 0 Å². The molecule has 1 aromatic carbocycles. The van der Waals surface area contributed by atoms with E-state index in [9.17, 15) is 9.90 Å². The molecule has 6 aliphatic rings. The molecule has 1 spiro atoms. The van der Waals surface area contributed by atoms with Crippen molar-refractivity contribution in [1.29, 1.82) is 0 Å². The standard InChI is InChI=1S/C35H49NO4/c1-22-20-35(16-14-27-28-12-11-25-18-26(37)13-15-34(25,3)30(28)19-29(22)27)23(2)32-31(40-35)10-7-17-36(32)33(38)39-21-24-8-5-4-6-9-24/h4-6,8-9,23,25-28,30-32,37H,7,10-21H2,1-3H3/t23-,25-,26+,27+,28+,30+,31-,32+,34+,35?/m1/s1. The molecule has 7 rings (SSSR count). The molecular weight excluding hydrogens is 498 g/mol. The molecule has 4 aliphatic carbocycles. The number of aliphatic hydroxyl groups is 1. The van der Waals surface area contributed by atoms with Gasteiger partial charge < -0.3 is 19.5 Å². The maximum atomic E-state index is 13.4. The van der Waals surface area contributed by atoms with Gasteiger partial charge >= 0.3 is 6.09 Å². The van der Waals surface area contributed by atoms with Crippen LogP contribution in [-0.2, 0) is 16.1 Å². The fraction of sp³-hybridized carbons (Fsp3) is 0.743. The van der Waals surface area contributed by atoms with Crippen LogP contribution < -0.4 is 0 Å². The number of ether oxygens (including phenoxy) is 2. The Hall–Kier alpha value is -1.85. The van der Waals surface area contributed by atoms with Crippen molar-refractivity contribution >= 4 is 6.09 Å². The van der Waals surface area contributed by atoms with Crippen LogP contribution in [0.25, 0.3) is 0 Å². The average Bonchev–Trinajstić information content (AvgIpc) is 3.43. The largest absolute Gasteiger partial charge is 0.445 e. The summed E-state index contributed by atoms with van der Waals surface area (Å²) in [5, 5.41) is 10.4. The van der Waals surface area contributed by atoms with Crippen molar-refractivity contribution in [2.75, 3.05) is 6.54 Å². The molecule has 0 bridgehead atoms. The minimum Gasteiger partial charge on any atom is -0.445 e. The van der Waals surface area contributed by atoms with Crippen LogP contribution in [0, 0.1) is 35.0 Å². The van der Waals surface area contributed by atoms with Crippen molar-refractivity contribution in [2.45, 2.75) is 122 Å². The second kappa shape index (κ2) is 10.2. The number of rotatable bonds is 2. The zero-order valence-electron chi connectivity index (χ0n) is 24.8. The van der Waals surface area contributed by atoms with Crippen LogP contribution in [0.3, 0.4) is 0 Å². The average molecular weight is 548 g/mol. The molecule has 2 aliphatic heterocycles. The van der Waals surface area contributed by atoms with Gasteiger partial charge in [-0.1, -0.05) is 55.3 Å². The molecule has 0 aromatic heterocycles. The van der Waals surface area contributed by atoms with Crippen molar-refractivity contribution in [3.05, 3.63) is 47.0 Å². The number of hydrogen-bond acceptors (Lipinski definition) is 4. The highest BCUT2D eigenvalue weighted by atomic mass is 16.6. The highest BCUT2D eigenvalue weighted by molar-refractivity contribution is 5.68. The molecule has 2 saturated heterocycles. The minimum atomic E-state index is -0.183. The minimum absolute atomic E-state index is 0.0814. The second-order valence-corrected chi connectivity index (χ2v) is 14.7. The van der Waals surface area contributed by atoms with Crippen LogP contribution >= 0.6 is 0 Å². The van der Waals surface area contributed by atoms with Crippen molar-refractivity contribution < 1.29 is 19.4 Å². The first-order valence-corrected chi connectivity index (χ1v) is 16.3. The summed E-state index contributed by atoms with van der Waals surface area (Å²) in [6.45, 7) is 8.42. The first-order chi connectivity index (χ1) is 19.3. The predicted molar refractivity (Wildman–Crippen MR) is 155 cm³/mol. The summed E-state index contributed by atoms with van der Waals surface area (Å²) >= 11 is 0. The molecule has 10 atom stereocenters. The molecule has 5 heteroatoms. The summed E-state index contributed by atoms with van der Waals surface area (Å²) < 4.78 is 12.9. The van der Waals surface area contributed by atoms with Gasteiger partial charge in [-0.05, 0) is 112 Å². The Balaban J connectivity index is 1.09. The van der Waals surface area contributed by atoms with Crippen LogP contribution in [0.5, 0.6) is 0 Å². The van der Waals surface area contributed by atoms with E-state index in [0.717, 1.165) is 62.5 Å². The summed E-state index contributed by atoms with van der Waals surface area (Å²) in [7, 11) is 0. The van der Waals surface area contributed by atoms with E-state index in [1.807, 2.05) is 35.2 Å². The quantitative estimate of drug-likeness (QED) is 0.396. The van der Waals surface area contributed by atoms with Gasteiger partial charge in [-0.3, -0.25) is 0 Å². The van der Waals surface area contributed by atoms with Crippen molar-refractivity contribution in [3.8, 4) is 0 Å². The van der Waals surface area contributed by atoms with Crippen LogP contribution in [0.4, 0.5) is 4.79 Å². The maximum Gasteiger partial charge on any atom is 0.410 e. The predicted octanol–water partition coefficient (Wildman–Crippen LogP) is 7.28. The Morgan fingerprint density at radius 3 is 2.77 bits per heavy atom. The van der Waals surface area contributed by atoms with Crippen LogP contribution in [0.1, 0.15) is 97.0 Å². The number of allylic oxidation sites excluding steroid dienone is 1. The van der Waals surface area contributed by atoms with Gasteiger partial charge in [-0.2, -0.15) is 0 Å². The Kier molecular flexibility index (Phi) is 6.86. The smallest absolute Gasteiger partial charge is 0.410 e. The Bertz CT molecular complexity index is 1150. The number of carbonyl (C=O) groups excluding carboxylic acids is 1. The number of hydrogen-bond donors (Lipinski definition) is 1. The summed E-state index contributed by atoms with van der Waals surface area (Å²) in [5.41, 5.74) is 4.58. The van der Waals surface area contributed by atoms with Crippen LogP contribution in [0.15, 0.2) is 41.5 Å². The lowest BCUT2D eigenvalue weighted by Gasteiger charge is -2.53. The molecular formula is C35H49NO4. The molecule has 1 amide bonds. The molecule has 0 radical (unpaired) electrons. The number of nitrogens with zero attached hydrogens (tertiary/aromatic N) is 1. The molecule has 218 valence electrons. The highest BCUT2D eigenvalue weighted by Crippen LogP contribution is 2.65. The third-order valence-corrected chi connectivity index (χ3v) is 12.9. The fourth-order valence-electron chi connectivity index (χ4n) is 10.8. The summed E-state index contributed by atoms with van der Waals surface area (Å²) in [6, 6.07) is 10.1. The molecule has 3 saturated carbocycles. The molecule has 5 fully saturated rings. The van der Waals surface area contributed by atoms with Gasteiger partial charge in [-0.25, -0.2) is 4.79 Å². The molecule has 1 unspecified atom stereocenters. The van der Waals surface area contributed by atoms with Crippen LogP contribution in [0.2, 0.25) is 0 Å². The Morgan fingerprint density at radius 1 is 1.12 bits per heavy atom. The van der Waals surface area contributed by atoms with Crippen LogP contribution in [-0.4, -0.2) is 46.5 Å². The normalized spacial score (nSPS) is 44.5. The van der Waals surface area contributed by atoms with Gasteiger partial charge in [0.2, 0.25) is 0 Å². The molecule has 2 heterocycles. The molecule has 1 N–H and O–H groups in total. The zero-order valence-corrected chi connectivity index (χ0v) is 24.8. The van der Waals surface area contributed by atoms with Gasteiger partial charge in [0.05, 0.1) is 23.9 Å². The van der Waals surface area contributed by atoms with Gasteiger partial charge in [-0.15, -0.1) is 0 Å². The van der Waals surface area contributed by atoms with Crippen molar-refractivity contribution in [1.82, 2.24) is 4.90 Å². The second-order valence-electron chi connectivity index (χ2n) is 14.7. The van der Waals surface area contributed by atoms with E-state index in [1.54, 1.807) is 11.1 Å². The number of aliphatic hydroxyl groups excluding tert-OH is 1. The molecule has 40 heavy (non-hydrogen) atoms. The number of amides is 1. The topological polar surface area (TPSA) is 59.0 Å². The van der Waals surface area contributed by atoms with E-state index >= 15 is 0 Å². The fourth-order valence-corrected chi connectivity index (χ4v) is 10.8. The number of likely N-dealkylation sites (tertiary alicyclic amines) is 1. The lowest BCUT2D eigenvalue weighted by Crippen LogP contribution is -2.52. The first-order valence-electron chi connectivity index (χ1n) is 16.3. The third kappa shape index (κ3) is 4.28. The number of benzene rings is 1. The lowest BCUT2D eigenvalue weighted by atomic mass is 9.52. The van der Waals surface area contributed by atoms with E-state index in [0.29, 0.717) is 29.8 Å². The summed E-state index contributed by atoms with van der Waals surface area (Å²) in [4.78, 5) is 15.4. The maximum absolute atomic E-state index is 13.4. The van der Waals surface area contributed by atoms with Gasteiger partial charge in [0, 0.05) is 12.5 Å². The third-order valence-electron chi connectivity index (χ3n) is 12.9. The SMILES string of the molecule is CC1=C2C[C@H]3[C@@H](CC[C@@H]4C[C@@H](O)CC[C@@]43C)[C@@H]2CCC2(C1)O[C@@H]1CCCN(C(=O)OCc3ccccc3)[C@H]1[C@H]2C. The van der Waals surface area contributed by atoms with E-state index in [-0.39, 0.29) is 29.9 Å². The van der Waals surface area contributed by atoms with Crippen molar-refractivity contribution in [2.24, 2.45) is 35.0 Å². The summed E-state index contributed by atoms with van der Waals surface area (Å²) in [5.74, 6) is 3.25. The first kappa shape index (κ1) is 27.0. The van der Waals surface area contributed by atoms with E-state index in [2.05, 4.69) is 20.8 Å². The Morgan fingerprint density at radius 2 is 1.95 bits per heavy atom. The molecule has 5 nitrogen and oxygen atoms in total. The highest BCUT2D eigenvalue weighted by Gasteiger charge is 2.60. The van der Waals surface area contributed by atoms with Gasteiger partial charge in [0.15, 0.2) is 0 Å². The molecule has 1 aromatic rings. The lowest BCUT2D eigenvalue weighted by molar-refractivity contribution is -0.0796. The van der Waals surface area contributed by atoms with Crippen molar-refractivity contribution in [3.63, 3.8) is 0 Å². The number of fused-ring (bicyclic) bond motifs is 6. The van der Waals surface area contributed by atoms with Gasteiger partial charge in [0.1, 0.15) is 6.61 Å². The monoisotopic (exact) mass is 547 g/mol. The Labute approximate surface area is 240 Å². The zero-order chi connectivity index (χ0) is 27.6. The van der Waals surface area contributed by atoms with Gasteiger partial charge in [0.25, 0.3) is 0 Å².